The van der Waals surface area contributed by atoms with Gasteiger partial charge in [0.25, 0.3) is 15.9 Å². The summed E-state index contributed by atoms with van der Waals surface area (Å²) in [4.78, 5) is 12.0. The van der Waals surface area contributed by atoms with Crippen LogP contribution in [0.5, 0.6) is 0 Å². The number of hydrogen-bond acceptors (Lipinski definition) is 3. The van der Waals surface area contributed by atoms with Crippen molar-refractivity contribution >= 4 is 27.3 Å². The molecule has 5 nitrogen and oxygen atoms in total. The fourth-order valence-corrected chi connectivity index (χ4v) is 3.62. The van der Waals surface area contributed by atoms with E-state index in [0.717, 1.165) is 36.4 Å². The summed E-state index contributed by atoms with van der Waals surface area (Å²) in [6.45, 7) is 0. The van der Waals surface area contributed by atoms with Gasteiger partial charge in [-0.05, 0) is 54.6 Å². The van der Waals surface area contributed by atoms with Crippen LogP contribution in [-0.4, -0.2) is 14.3 Å². The van der Waals surface area contributed by atoms with Gasteiger partial charge in [-0.15, -0.1) is 0 Å². The molecule has 0 spiro atoms. The van der Waals surface area contributed by atoms with Crippen molar-refractivity contribution in [1.82, 2.24) is 0 Å². The van der Waals surface area contributed by atoms with Crippen LogP contribution in [-0.2, 0) is 16.2 Å². The summed E-state index contributed by atoms with van der Waals surface area (Å²) in [6, 6.07) is 13.9. The Kier molecular flexibility index (Phi) is 5.79. The molecule has 0 saturated carbocycles. The molecule has 3 aromatic carbocycles. The number of nitrogens with one attached hydrogen (secondary N) is 2. The molecule has 3 rings (SSSR count). The van der Waals surface area contributed by atoms with Gasteiger partial charge >= 0.3 is 6.18 Å². The Morgan fingerprint density at radius 1 is 0.867 bits per heavy atom. The van der Waals surface area contributed by atoms with Crippen LogP contribution in [0.3, 0.4) is 0 Å². The number of carbonyl (C=O) groups excluding carboxylic acids is 1. The van der Waals surface area contributed by atoms with Crippen molar-refractivity contribution in [1.29, 1.82) is 0 Å². The van der Waals surface area contributed by atoms with Gasteiger partial charge in [0.2, 0.25) is 0 Å². The van der Waals surface area contributed by atoms with Crippen LogP contribution in [0.1, 0.15) is 15.9 Å². The Balaban J connectivity index is 1.78. The second-order valence-corrected chi connectivity index (χ2v) is 7.82. The number of rotatable bonds is 5. The largest absolute Gasteiger partial charge is 0.416 e. The topological polar surface area (TPSA) is 75.3 Å². The maximum atomic E-state index is 13.7. The summed E-state index contributed by atoms with van der Waals surface area (Å²) in [7, 11) is -4.15. The van der Waals surface area contributed by atoms with E-state index in [9.17, 15) is 30.8 Å². The lowest BCUT2D eigenvalue weighted by atomic mass is 10.1. The Bertz CT molecular complexity index is 1180. The Labute approximate surface area is 169 Å². The third-order valence-electron chi connectivity index (χ3n) is 3.99. The summed E-state index contributed by atoms with van der Waals surface area (Å²) in [5.41, 5.74) is -1.08. The van der Waals surface area contributed by atoms with E-state index in [0.29, 0.717) is 0 Å². The zero-order valence-electron chi connectivity index (χ0n) is 15.1. The fraction of sp³-hybridized carbons (Fsp3) is 0.0500. The van der Waals surface area contributed by atoms with E-state index >= 15 is 0 Å². The first-order chi connectivity index (χ1) is 14.1. The van der Waals surface area contributed by atoms with E-state index in [2.05, 4.69) is 10.0 Å². The number of halogens is 4. The summed E-state index contributed by atoms with van der Waals surface area (Å²) < 4.78 is 78.7. The van der Waals surface area contributed by atoms with Gasteiger partial charge in [0.05, 0.1) is 16.1 Å². The number of amides is 1. The second-order valence-electron chi connectivity index (χ2n) is 6.14. The molecule has 0 bridgehead atoms. The lowest BCUT2D eigenvalue weighted by molar-refractivity contribution is -0.137. The first kappa shape index (κ1) is 21.3. The summed E-state index contributed by atoms with van der Waals surface area (Å²) in [5.74, 6) is -1.48. The maximum absolute atomic E-state index is 13.7. The highest BCUT2D eigenvalue weighted by Crippen LogP contribution is 2.29. The molecule has 30 heavy (non-hydrogen) atoms. The van der Waals surface area contributed by atoms with Crippen LogP contribution in [0.15, 0.2) is 77.7 Å². The monoisotopic (exact) mass is 438 g/mol. The van der Waals surface area contributed by atoms with Crippen molar-refractivity contribution < 1.29 is 30.8 Å². The number of anilines is 2. The Hall–Kier alpha value is -3.40. The molecular weight excluding hydrogens is 424 g/mol. The molecule has 0 unspecified atom stereocenters. The van der Waals surface area contributed by atoms with Gasteiger partial charge in [-0.2, -0.15) is 13.2 Å². The molecule has 0 fully saturated rings. The third kappa shape index (κ3) is 4.95. The van der Waals surface area contributed by atoms with Crippen LogP contribution in [0.4, 0.5) is 28.9 Å². The minimum Gasteiger partial charge on any atom is -0.322 e. The average molecular weight is 438 g/mol. The van der Waals surface area contributed by atoms with Crippen LogP contribution in [0.2, 0.25) is 0 Å². The molecule has 0 heterocycles. The molecule has 3 aromatic rings. The van der Waals surface area contributed by atoms with Crippen molar-refractivity contribution in [3.05, 3.63) is 89.7 Å². The predicted octanol–water partition coefficient (Wildman–Crippen LogP) is 4.90. The minimum absolute atomic E-state index is 0.0410. The molecule has 0 atom stereocenters. The number of para-hydroxylation sites is 1. The Morgan fingerprint density at radius 3 is 2.17 bits per heavy atom. The summed E-state index contributed by atoms with van der Waals surface area (Å²) >= 11 is 0. The van der Waals surface area contributed by atoms with E-state index in [1.165, 1.54) is 36.4 Å². The highest BCUT2D eigenvalue weighted by atomic mass is 32.2. The molecule has 156 valence electrons. The van der Waals surface area contributed by atoms with Gasteiger partial charge in [-0.1, -0.05) is 18.2 Å². The molecular formula is C20H14F4N2O3S. The van der Waals surface area contributed by atoms with Crippen LogP contribution in [0.25, 0.3) is 0 Å². The molecule has 0 radical (unpaired) electrons. The van der Waals surface area contributed by atoms with Crippen LogP contribution >= 0.6 is 0 Å². The minimum atomic E-state index is -4.52. The number of carbonyl (C=O) groups is 1. The van der Waals surface area contributed by atoms with Gasteiger partial charge in [-0.25, -0.2) is 12.8 Å². The standard InChI is InChI=1S/C20H14F4N2O3S/c21-17-6-1-2-7-18(17)26-30(28,29)16-5-3-4-15(12-16)25-19(27)13-8-10-14(11-9-13)20(22,23)24/h1-12,26H,(H,25,27). The van der Waals surface area contributed by atoms with Crippen molar-refractivity contribution in [2.75, 3.05) is 10.0 Å². The first-order valence-electron chi connectivity index (χ1n) is 8.42. The fourth-order valence-electron chi connectivity index (χ4n) is 2.50. The van der Waals surface area contributed by atoms with Crippen molar-refractivity contribution in [2.45, 2.75) is 11.1 Å². The summed E-state index contributed by atoms with van der Waals surface area (Å²) in [5, 5.41) is 2.42. The second kappa shape index (κ2) is 8.15. The number of sulfonamides is 1. The van der Waals surface area contributed by atoms with E-state index in [1.54, 1.807) is 0 Å². The third-order valence-corrected chi connectivity index (χ3v) is 5.36. The normalized spacial score (nSPS) is 11.7. The average Bonchev–Trinajstić information content (AvgIpc) is 2.69. The molecule has 0 aliphatic carbocycles. The van der Waals surface area contributed by atoms with E-state index < -0.39 is 33.5 Å². The molecule has 0 aromatic heterocycles. The van der Waals surface area contributed by atoms with Crippen LogP contribution in [0, 0.1) is 5.82 Å². The van der Waals surface area contributed by atoms with E-state index in [-0.39, 0.29) is 21.8 Å². The predicted molar refractivity (Wildman–Crippen MR) is 103 cm³/mol. The van der Waals surface area contributed by atoms with Gasteiger partial charge < -0.3 is 5.32 Å². The highest BCUT2D eigenvalue weighted by Gasteiger charge is 2.30. The quantitative estimate of drug-likeness (QED) is 0.557. The van der Waals surface area contributed by atoms with Gasteiger partial charge in [0.1, 0.15) is 5.82 Å². The highest BCUT2D eigenvalue weighted by molar-refractivity contribution is 7.92. The molecule has 10 heteroatoms. The van der Waals surface area contributed by atoms with Gasteiger partial charge in [0, 0.05) is 11.3 Å². The number of hydrogen-bond donors (Lipinski definition) is 2. The maximum Gasteiger partial charge on any atom is 0.416 e. The van der Waals surface area contributed by atoms with E-state index in [4.69, 9.17) is 0 Å². The van der Waals surface area contributed by atoms with Crippen molar-refractivity contribution in [2.24, 2.45) is 0 Å². The zero-order chi connectivity index (χ0) is 21.9. The number of alkyl halides is 3. The summed E-state index contributed by atoms with van der Waals surface area (Å²) in [6.07, 6.45) is -4.52. The zero-order valence-corrected chi connectivity index (χ0v) is 15.9. The molecule has 1 amide bonds. The SMILES string of the molecule is O=C(Nc1cccc(S(=O)(=O)Nc2ccccc2F)c1)c1ccc(C(F)(F)F)cc1. The molecule has 0 aliphatic heterocycles. The number of benzene rings is 3. The molecule has 0 saturated heterocycles. The van der Waals surface area contributed by atoms with Crippen molar-refractivity contribution in [3.8, 4) is 0 Å². The van der Waals surface area contributed by atoms with Gasteiger partial charge in [0.15, 0.2) is 0 Å². The molecule has 0 aliphatic rings. The molecule has 2 N–H and O–H groups in total. The van der Waals surface area contributed by atoms with Crippen LogP contribution < -0.4 is 10.0 Å². The lowest BCUT2D eigenvalue weighted by Gasteiger charge is -2.11. The van der Waals surface area contributed by atoms with Gasteiger partial charge in [-0.3, -0.25) is 9.52 Å². The van der Waals surface area contributed by atoms with Crippen molar-refractivity contribution in [3.63, 3.8) is 0 Å². The van der Waals surface area contributed by atoms with E-state index in [1.807, 2.05) is 0 Å². The first-order valence-corrected chi connectivity index (χ1v) is 9.90. The smallest absolute Gasteiger partial charge is 0.322 e. The lowest BCUT2D eigenvalue weighted by Crippen LogP contribution is -2.16. The Morgan fingerprint density at radius 2 is 1.53 bits per heavy atom.